The van der Waals surface area contributed by atoms with E-state index in [4.69, 9.17) is 0 Å². The zero-order valence-electron chi connectivity index (χ0n) is 9.85. The quantitative estimate of drug-likeness (QED) is 0.828. The van der Waals surface area contributed by atoms with Gasteiger partial charge in [0.05, 0.1) is 0 Å². The van der Waals surface area contributed by atoms with Crippen LogP contribution in [0.4, 0.5) is 0 Å². The molecule has 0 radical (unpaired) electrons. The number of rotatable bonds is 2. The van der Waals surface area contributed by atoms with Gasteiger partial charge in [-0.15, -0.1) is 0 Å². The van der Waals surface area contributed by atoms with E-state index in [-0.39, 0.29) is 6.15 Å². The van der Waals surface area contributed by atoms with Crippen LogP contribution in [0.3, 0.4) is 0 Å². The van der Waals surface area contributed by atoms with Gasteiger partial charge in [-0.1, -0.05) is 36.8 Å². The minimum atomic E-state index is 0. The maximum Gasteiger partial charge on any atom is 0.0270 e. The molecule has 84 valence electrons. The molecule has 2 rings (SSSR count). The Labute approximate surface area is 96.9 Å². The van der Waals surface area contributed by atoms with Crippen LogP contribution in [0.5, 0.6) is 0 Å². The van der Waals surface area contributed by atoms with Gasteiger partial charge in [0.15, 0.2) is 0 Å². The molecule has 0 saturated heterocycles. The lowest BCUT2D eigenvalue weighted by Crippen LogP contribution is -1.95. The molecule has 16 heavy (non-hydrogen) atoms. The molecule has 3 N–H and O–H groups in total. The molecule has 2 nitrogen and oxygen atoms in total. The van der Waals surface area contributed by atoms with Crippen molar-refractivity contribution in [3.05, 3.63) is 65.5 Å². The zero-order chi connectivity index (χ0) is 10.7. The summed E-state index contributed by atoms with van der Waals surface area (Å²) in [6.45, 7) is 4.33. The molecular formula is C14H18N2. The second-order valence-electron chi connectivity index (χ2n) is 3.91. The van der Waals surface area contributed by atoms with E-state index in [1.54, 1.807) is 0 Å². The Morgan fingerprint density at radius 3 is 1.94 bits per heavy atom. The Morgan fingerprint density at radius 2 is 1.38 bits per heavy atom. The third-order valence-electron chi connectivity index (χ3n) is 2.78. The highest BCUT2D eigenvalue weighted by molar-refractivity contribution is 5.32. The van der Waals surface area contributed by atoms with Crippen molar-refractivity contribution >= 4 is 0 Å². The first-order valence-corrected chi connectivity index (χ1v) is 5.24. The monoisotopic (exact) mass is 214 g/mol. The average molecular weight is 214 g/mol. The summed E-state index contributed by atoms with van der Waals surface area (Å²) in [7, 11) is 0. The Kier molecular flexibility index (Phi) is 4.20. The summed E-state index contributed by atoms with van der Waals surface area (Å²) in [5, 5.41) is 0. The van der Waals surface area contributed by atoms with E-state index < -0.39 is 0 Å². The van der Waals surface area contributed by atoms with Crippen LogP contribution in [0.1, 0.15) is 29.5 Å². The van der Waals surface area contributed by atoms with Crippen LogP contribution in [0, 0.1) is 6.92 Å². The van der Waals surface area contributed by atoms with E-state index in [2.05, 4.69) is 55.2 Å². The fourth-order valence-electron chi connectivity index (χ4n) is 1.70. The Bertz CT molecular complexity index is 420. The van der Waals surface area contributed by atoms with Gasteiger partial charge in [0, 0.05) is 18.3 Å². The first-order valence-electron chi connectivity index (χ1n) is 5.24. The number of pyridine rings is 1. The average Bonchev–Trinajstić information content (AvgIpc) is 2.30. The first-order chi connectivity index (χ1) is 7.27. The van der Waals surface area contributed by atoms with Crippen molar-refractivity contribution in [1.29, 1.82) is 0 Å². The smallest absolute Gasteiger partial charge is 0.0270 e. The highest BCUT2D eigenvalue weighted by atomic mass is 14.6. The summed E-state index contributed by atoms with van der Waals surface area (Å²) < 4.78 is 0. The molecular weight excluding hydrogens is 196 g/mol. The number of benzene rings is 1. The van der Waals surface area contributed by atoms with Crippen LogP contribution in [0.15, 0.2) is 48.8 Å². The predicted octanol–water partition coefficient (Wildman–Crippen LogP) is 3.70. The summed E-state index contributed by atoms with van der Waals surface area (Å²) >= 11 is 0. The van der Waals surface area contributed by atoms with Gasteiger partial charge in [0.2, 0.25) is 0 Å². The standard InChI is InChI=1S/C14H15N.H3N/c1-11-3-5-13(6-4-11)12(2)14-7-9-15-10-8-14;/h3-10,12H,1-2H3;1H3. The summed E-state index contributed by atoms with van der Waals surface area (Å²) in [6.07, 6.45) is 3.69. The zero-order valence-corrected chi connectivity index (χ0v) is 9.85. The van der Waals surface area contributed by atoms with Crippen LogP contribution in [-0.4, -0.2) is 4.98 Å². The normalized spacial score (nSPS) is 11.6. The second kappa shape index (κ2) is 5.42. The molecule has 0 spiro atoms. The van der Waals surface area contributed by atoms with Crippen LogP contribution >= 0.6 is 0 Å². The van der Waals surface area contributed by atoms with E-state index in [0.717, 1.165) is 0 Å². The summed E-state index contributed by atoms with van der Waals surface area (Å²) in [6, 6.07) is 12.9. The van der Waals surface area contributed by atoms with Gasteiger partial charge in [-0.2, -0.15) is 0 Å². The Balaban J connectivity index is 0.00000128. The van der Waals surface area contributed by atoms with E-state index in [0.29, 0.717) is 5.92 Å². The van der Waals surface area contributed by atoms with E-state index in [1.165, 1.54) is 16.7 Å². The van der Waals surface area contributed by atoms with E-state index >= 15 is 0 Å². The number of aryl methyl sites for hydroxylation is 1. The molecule has 1 unspecified atom stereocenters. The highest BCUT2D eigenvalue weighted by Crippen LogP contribution is 2.23. The number of nitrogens with zero attached hydrogens (tertiary/aromatic N) is 1. The minimum Gasteiger partial charge on any atom is -0.344 e. The predicted molar refractivity (Wildman–Crippen MR) is 68.0 cm³/mol. The summed E-state index contributed by atoms with van der Waals surface area (Å²) in [5.74, 6) is 0.439. The van der Waals surface area contributed by atoms with Gasteiger partial charge in [-0.05, 0) is 30.2 Å². The lowest BCUT2D eigenvalue weighted by molar-refractivity contribution is 0.916. The Morgan fingerprint density at radius 1 is 0.875 bits per heavy atom. The van der Waals surface area contributed by atoms with E-state index in [9.17, 15) is 0 Å². The van der Waals surface area contributed by atoms with Gasteiger partial charge in [0.25, 0.3) is 0 Å². The molecule has 0 fully saturated rings. The van der Waals surface area contributed by atoms with Gasteiger partial charge >= 0.3 is 0 Å². The summed E-state index contributed by atoms with van der Waals surface area (Å²) in [4.78, 5) is 4.04. The van der Waals surface area contributed by atoms with Gasteiger partial charge in [-0.25, -0.2) is 0 Å². The third-order valence-corrected chi connectivity index (χ3v) is 2.78. The SMILES string of the molecule is Cc1ccc(C(C)c2ccncc2)cc1.N. The molecule has 1 aromatic heterocycles. The molecule has 1 aromatic carbocycles. The minimum absolute atomic E-state index is 0. The van der Waals surface area contributed by atoms with Crippen LogP contribution in [-0.2, 0) is 0 Å². The van der Waals surface area contributed by atoms with Crippen molar-refractivity contribution < 1.29 is 0 Å². The van der Waals surface area contributed by atoms with E-state index in [1.807, 2.05) is 12.4 Å². The molecule has 1 atom stereocenters. The molecule has 1 heterocycles. The number of hydrogen-bond donors (Lipinski definition) is 1. The van der Waals surface area contributed by atoms with Crippen LogP contribution in [0.25, 0.3) is 0 Å². The van der Waals surface area contributed by atoms with Crippen molar-refractivity contribution in [2.45, 2.75) is 19.8 Å². The highest BCUT2D eigenvalue weighted by Gasteiger charge is 2.06. The van der Waals surface area contributed by atoms with Crippen LogP contribution < -0.4 is 6.15 Å². The fraction of sp³-hybridized carbons (Fsp3) is 0.214. The number of aromatic nitrogens is 1. The molecule has 0 saturated carbocycles. The van der Waals surface area contributed by atoms with Gasteiger partial charge in [0.1, 0.15) is 0 Å². The second-order valence-corrected chi connectivity index (χ2v) is 3.91. The fourth-order valence-corrected chi connectivity index (χ4v) is 1.70. The summed E-state index contributed by atoms with van der Waals surface area (Å²) in [5.41, 5.74) is 3.97. The van der Waals surface area contributed by atoms with Gasteiger partial charge < -0.3 is 6.15 Å². The third kappa shape index (κ3) is 2.67. The molecule has 0 aliphatic carbocycles. The molecule has 0 aliphatic heterocycles. The van der Waals surface area contributed by atoms with Crippen molar-refractivity contribution in [3.8, 4) is 0 Å². The topological polar surface area (TPSA) is 47.9 Å². The van der Waals surface area contributed by atoms with Gasteiger partial charge in [-0.3, -0.25) is 4.98 Å². The molecule has 0 bridgehead atoms. The van der Waals surface area contributed by atoms with Crippen molar-refractivity contribution in [2.75, 3.05) is 0 Å². The molecule has 0 amide bonds. The number of hydrogen-bond acceptors (Lipinski definition) is 2. The Hall–Kier alpha value is -1.67. The molecule has 2 heteroatoms. The largest absolute Gasteiger partial charge is 0.344 e. The van der Waals surface area contributed by atoms with Crippen LogP contribution in [0.2, 0.25) is 0 Å². The van der Waals surface area contributed by atoms with Crippen molar-refractivity contribution in [3.63, 3.8) is 0 Å². The van der Waals surface area contributed by atoms with Crippen molar-refractivity contribution in [2.24, 2.45) is 0 Å². The van der Waals surface area contributed by atoms with Crippen molar-refractivity contribution in [1.82, 2.24) is 11.1 Å². The lowest BCUT2D eigenvalue weighted by atomic mass is 9.93. The first kappa shape index (κ1) is 12.4. The molecule has 2 aromatic rings. The maximum atomic E-state index is 4.04. The maximum absolute atomic E-state index is 4.04. The molecule has 0 aliphatic rings. The lowest BCUT2D eigenvalue weighted by Gasteiger charge is -2.12.